The number of amides is 1. The quantitative estimate of drug-likeness (QED) is 0.455. The van der Waals surface area contributed by atoms with E-state index in [1.165, 1.54) is 12.1 Å². The number of hydrogen-bond acceptors (Lipinski definition) is 5. The summed E-state index contributed by atoms with van der Waals surface area (Å²) in [5.41, 5.74) is 0.911. The number of piperazine rings is 1. The van der Waals surface area contributed by atoms with Crippen LogP contribution in [-0.4, -0.2) is 54.3 Å². The molecule has 5 rings (SSSR count). The molecule has 2 aliphatic heterocycles. The van der Waals surface area contributed by atoms with Crippen molar-refractivity contribution in [1.82, 2.24) is 9.80 Å². The molecule has 1 amide bonds. The van der Waals surface area contributed by atoms with E-state index in [1.54, 1.807) is 12.0 Å². The molecule has 0 N–H and O–H groups in total. The molecule has 3 aromatic rings. The van der Waals surface area contributed by atoms with Crippen molar-refractivity contribution in [2.45, 2.75) is 19.1 Å². The largest absolute Gasteiger partial charge is 0.493 e. The Morgan fingerprint density at radius 2 is 1.78 bits per heavy atom. The molecule has 2 aliphatic rings. The minimum atomic E-state index is -4.44. The number of benzene rings is 3. The van der Waals surface area contributed by atoms with E-state index < -0.39 is 11.7 Å². The van der Waals surface area contributed by atoms with Crippen LogP contribution in [0.2, 0.25) is 0 Å². The third kappa shape index (κ3) is 4.36. The van der Waals surface area contributed by atoms with Crippen LogP contribution in [0.4, 0.5) is 18.9 Å². The summed E-state index contributed by atoms with van der Waals surface area (Å²) < 4.78 is 50.5. The Morgan fingerprint density at radius 1 is 1.03 bits per heavy atom. The molecule has 0 radical (unpaired) electrons. The molecule has 1 saturated heterocycles. The number of fused-ring (bicyclic) bond motifs is 2. The maximum Gasteiger partial charge on any atom is 0.416 e. The third-order valence-electron chi connectivity index (χ3n) is 6.39. The lowest BCUT2D eigenvalue weighted by molar-refractivity contribution is -0.137. The predicted molar refractivity (Wildman–Crippen MR) is 129 cm³/mol. The molecule has 0 saturated carbocycles. The number of amidine groups is 1. The number of carbonyl (C=O) groups excluding carboxylic acids is 1. The standard InChI is InChI=1S/C27H24F3N3O3/c1-17-16-32(14-15-33(17)26(34)18-10-12-19(13-11-18)27(28,29)30)25-20-6-5-9-23(35-2)24(20)36-22-8-4-3-7-21(22)31-25/h3-13,17H,14-16H2,1-2H3/t17-/m0/s1. The number of ether oxygens (including phenoxy) is 2. The van der Waals surface area contributed by atoms with Crippen molar-refractivity contribution in [3.8, 4) is 17.2 Å². The van der Waals surface area contributed by atoms with Crippen LogP contribution in [0.25, 0.3) is 0 Å². The second-order valence-corrected chi connectivity index (χ2v) is 8.71. The second-order valence-electron chi connectivity index (χ2n) is 8.71. The van der Waals surface area contributed by atoms with E-state index in [0.29, 0.717) is 48.4 Å². The van der Waals surface area contributed by atoms with Gasteiger partial charge in [-0.1, -0.05) is 18.2 Å². The summed E-state index contributed by atoms with van der Waals surface area (Å²) in [6, 6.07) is 17.3. The lowest BCUT2D eigenvalue weighted by Crippen LogP contribution is -2.55. The number of nitrogens with zero attached hydrogens (tertiary/aromatic N) is 3. The number of para-hydroxylation sites is 3. The van der Waals surface area contributed by atoms with E-state index in [-0.39, 0.29) is 17.5 Å². The molecule has 1 atom stereocenters. The molecule has 6 nitrogen and oxygen atoms in total. The zero-order valence-corrected chi connectivity index (χ0v) is 19.7. The van der Waals surface area contributed by atoms with E-state index >= 15 is 0 Å². The van der Waals surface area contributed by atoms with Crippen LogP contribution in [0.1, 0.15) is 28.4 Å². The number of alkyl halides is 3. The van der Waals surface area contributed by atoms with Crippen molar-refractivity contribution in [2.24, 2.45) is 4.99 Å². The summed E-state index contributed by atoms with van der Waals surface area (Å²) in [6.07, 6.45) is -4.44. The van der Waals surface area contributed by atoms with Gasteiger partial charge in [0.25, 0.3) is 5.91 Å². The molecule has 2 heterocycles. The van der Waals surface area contributed by atoms with Crippen molar-refractivity contribution < 1.29 is 27.4 Å². The van der Waals surface area contributed by atoms with Gasteiger partial charge < -0.3 is 19.3 Å². The fourth-order valence-corrected chi connectivity index (χ4v) is 4.54. The number of rotatable bonds is 2. The molecule has 0 aliphatic carbocycles. The van der Waals surface area contributed by atoms with E-state index in [0.717, 1.165) is 17.7 Å². The summed E-state index contributed by atoms with van der Waals surface area (Å²) in [4.78, 5) is 21.8. The number of aliphatic imine (C=N–C) groups is 1. The van der Waals surface area contributed by atoms with Crippen LogP contribution in [0, 0.1) is 0 Å². The number of methoxy groups -OCH3 is 1. The first-order valence-electron chi connectivity index (χ1n) is 11.5. The van der Waals surface area contributed by atoms with E-state index in [1.807, 2.05) is 49.4 Å². The highest BCUT2D eigenvalue weighted by molar-refractivity contribution is 6.04. The molecule has 0 aromatic heterocycles. The summed E-state index contributed by atoms with van der Waals surface area (Å²) in [6.45, 7) is 3.29. The fraction of sp³-hybridized carbons (Fsp3) is 0.259. The van der Waals surface area contributed by atoms with Crippen molar-refractivity contribution in [3.63, 3.8) is 0 Å². The van der Waals surface area contributed by atoms with Crippen molar-refractivity contribution >= 4 is 17.4 Å². The highest BCUT2D eigenvalue weighted by Gasteiger charge is 2.34. The molecule has 1 fully saturated rings. The van der Waals surface area contributed by atoms with E-state index in [2.05, 4.69) is 4.90 Å². The fourth-order valence-electron chi connectivity index (χ4n) is 4.54. The Bertz CT molecular complexity index is 1320. The maximum absolute atomic E-state index is 13.1. The molecule has 36 heavy (non-hydrogen) atoms. The summed E-state index contributed by atoms with van der Waals surface area (Å²) >= 11 is 0. The maximum atomic E-state index is 13.1. The average Bonchev–Trinajstić information content (AvgIpc) is 3.04. The van der Waals surface area contributed by atoms with Gasteiger partial charge in [0.2, 0.25) is 0 Å². The number of hydrogen-bond donors (Lipinski definition) is 0. The zero-order valence-electron chi connectivity index (χ0n) is 19.7. The minimum Gasteiger partial charge on any atom is -0.493 e. The van der Waals surface area contributed by atoms with Gasteiger partial charge >= 0.3 is 6.18 Å². The van der Waals surface area contributed by atoms with Crippen molar-refractivity contribution in [1.29, 1.82) is 0 Å². The van der Waals surface area contributed by atoms with Gasteiger partial charge in [-0.05, 0) is 55.5 Å². The Labute approximate surface area is 206 Å². The van der Waals surface area contributed by atoms with Gasteiger partial charge in [0, 0.05) is 31.2 Å². The predicted octanol–water partition coefficient (Wildman–Crippen LogP) is 5.74. The van der Waals surface area contributed by atoms with Gasteiger partial charge in [-0.25, -0.2) is 4.99 Å². The van der Waals surface area contributed by atoms with Gasteiger partial charge in [-0.15, -0.1) is 0 Å². The van der Waals surface area contributed by atoms with Gasteiger partial charge in [-0.2, -0.15) is 13.2 Å². The molecule has 0 spiro atoms. The normalized spacial score (nSPS) is 17.4. The zero-order chi connectivity index (χ0) is 25.4. The van der Waals surface area contributed by atoms with Crippen molar-refractivity contribution in [3.05, 3.63) is 83.4 Å². The van der Waals surface area contributed by atoms with Crippen LogP contribution in [-0.2, 0) is 6.18 Å². The minimum absolute atomic E-state index is 0.204. The SMILES string of the molecule is COc1cccc2c1Oc1ccccc1N=C2N1CCN(C(=O)c2ccc(C(F)(F)F)cc2)[C@@H](C)C1. The van der Waals surface area contributed by atoms with Gasteiger partial charge in [0.1, 0.15) is 11.5 Å². The Morgan fingerprint density at radius 3 is 2.47 bits per heavy atom. The lowest BCUT2D eigenvalue weighted by atomic mass is 10.1. The highest BCUT2D eigenvalue weighted by Crippen LogP contribution is 2.43. The van der Waals surface area contributed by atoms with Crippen LogP contribution in [0.5, 0.6) is 17.2 Å². The molecular weight excluding hydrogens is 471 g/mol. The molecule has 0 unspecified atom stereocenters. The van der Waals surface area contributed by atoms with Crippen molar-refractivity contribution in [2.75, 3.05) is 26.7 Å². The van der Waals surface area contributed by atoms with Crippen LogP contribution >= 0.6 is 0 Å². The average molecular weight is 496 g/mol. The first-order chi connectivity index (χ1) is 17.3. The lowest BCUT2D eigenvalue weighted by Gasteiger charge is -2.41. The smallest absolute Gasteiger partial charge is 0.416 e. The first kappa shape index (κ1) is 23.7. The van der Waals surface area contributed by atoms with Gasteiger partial charge in [-0.3, -0.25) is 4.79 Å². The number of halogens is 3. The summed E-state index contributed by atoms with van der Waals surface area (Å²) in [5, 5.41) is 0. The Kier molecular flexibility index (Phi) is 6.07. The molecular formula is C27H24F3N3O3. The van der Waals surface area contributed by atoms with E-state index in [9.17, 15) is 18.0 Å². The molecule has 9 heteroatoms. The van der Waals surface area contributed by atoms with Crippen LogP contribution in [0.15, 0.2) is 71.7 Å². The molecule has 0 bridgehead atoms. The number of carbonyl (C=O) groups is 1. The molecule has 3 aromatic carbocycles. The third-order valence-corrected chi connectivity index (χ3v) is 6.39. The first-order valence-corrected chi connectivity index (χ1v) is 11.5. The summed E-state index contributed by atoms with van der Waals surface area (Å²) in [5.74, 6) is 2.18. The monoisotopic (exact) mass is 495 g/mol. The second kappa shape index (κ2) is 9.22. The van der Waals surface area contributed by atoms with Gasteiger partial charge in [0.05, 0.1) is 18.2 Å². The van der Waals surface area contributed by atoms with E-state index in [4.69, 9.17) is 14.5 Å². The van der Waals surface area contributed by atoms with Gasteiger partial charge in [0.15, 0.2) is 17.2 Å². The Balaban J connectivity index is 1.42. The topological polar surface area (TPSA) is 54.4 Å². The highest BCUT2D eigenvalue weighted by atomic mass is 19.4. The Hall–Kier alpha value is -4.01. The summed E-state index contributed by atoms with van der Waals surface area (Å²) in [7, 11) is 1.58. The van der Waals surface area contributed by atoms with Crippen LogP contribution < -0.4 is 9.47 Å². The molecule has 186 valence electrons. The van der Waals surface area contributed by atoms with Crippen LogP contribution in [0.3, 0.4) is 0 Å².